The molecule has 0 spiro atoms. The predicted molar refractivity (Wildman–Crippen MR) is 69.5 cm³/mol. The number of hydrogen-bond acceptors (Lipinski definition) is 2. The fraction of sp³-hybridized carbons (Fsp3) is 1.00. The van der Waals surface area contributed by atoms with E-state index in [-0.39, 0.29) is 0 Å². The molecule has 0 radical (unpaired) electrons. The van der Waals surface area contributed by atoms with Crippen molar-refractivity contribution < 1.29 is 0 Å². The highest BCUT2D eigenvalue weighted by Crippen LogP contribution is 2.28. The first-order chi connectivity index (χ1) is 7.45. The highest BCUT2D eigenvalue weighted by atomic mass is 32.2. The van der Waals surface area contributed by atoms with Crippen LogP contribution in [0.4, 0.5) is 0 Å². The number of rotatable bonds is 6. The molecule has 0 aromatic rings. The summed E-state index contributed by atoms with van der Waals surface area (Å²) in [6.45, 7) is 1.26. The Kier molecular flexibility index (Phi) is 5.34. The minimum Gasteiger partial charge on any atom is -0.313 e. The molecule has 0 aromatic heterocycles. The van der Waals surface area contributed by atoms with E-state index in [9.17, 15) is 0 Å². The fourth-order valence-electron chi connectivity index (χ4n) is 2.86. The molecule has 15 heavy (non-hydrogen) atoms. The zero-order valence-corrected chi connectivity index (χ0v) is 10.7. The number of hydrogen-bond donors (Lipinski definition) is 1. The molecule has 1 saturated carbocycles. The van der Waals surface area contributed by atoms with Crippen LogP contribution in [0.3, 0.4) is 0 Å². The van der Waals surface area contributed by atoms with Crippen LogP contribution in [0.25, 0.3) is 0 Å². The number of unbranched alkanes of at least 4 members (excludes halogenated alkanes) is 1. The molecule has 1 unspecified atom stereocenters. The van der Waals surface area contributed by atoms with Crippen molar-refractivity contribution in [1.82, 2.24) is 5.32 Å². The average Bonchev–Trinajstić information content (AvgIpc) is 2.88. The van der Waals surface area contributed by atoms with Crippen molar-refractivity contribution in [3.05, 3.63) is 0 Å². The number of thioether (sulfide) groups is 1. The molecule has 1 nitrogen and oxygen atoms in total. The van der Waals surface area contributed by atoms with Crippen molar-refractivity contribution in [3.8, 4) is 0 Å². The third kappa shape index (κ3) is 4.36. The van der Waals surface area contributed by atoms with E-state index in [1.807, 2.05) is 0 Å². The van der Waals surface area contributed by atoms with Crippen molar-refractivity contribution in [2.75, 3.05) is 18.1 Å². The maximum absolute atomic E-state index is 3.69. The molecule has 0 amide bonds. The lowest BCUT2D eigenvalue weighted by Gasteiger charge is -2.12. The lowest BCUT2D eigenvalue weighted by atomic mass is 10.0. The summed E-state index contributed by atoms with van der Waals surface area (Å²) in [4.78, 5) is 0. The molecule has 88 valence electrons. The van der Waals surface area contributed by atoms with Gasteiger partial charge in [-0.2, -0.15) is 11.8 Å². The molecule has 1 heterocycles. The zero-order valence-electron chi connectivity index (χ0n) is 9.84. The molecule has 2 heteroatoms. The van der Waals surface area contributed by atoms with E-state index in [1.54, 1.807) is 0 Å². The zero-order chi connectivity index (χ0) is 10.3. The first-order valence-electron chi connectivity index (χ1n) is 6.76. The molecule has 2 rings (SSSR count). The second-order valence-corrected chi connectivity index (χ2v) is 6.31. The normalized spacial score (nSPS) is 27.6. The van der Waals surface area contributed by atoms with E-state index in [2.05, 4.69) is 17.1 Å². The van der Waals surface area contributed by atoms with Crippen molar-refractivity contribution in [2.45, 2.75) is 57.4 Å². The van der Waals surface area contributed by atoms with Crippen LogP contribution in [0, 0.1) is 5.92 Å². The molecular weight excluding hydrogens is 202 g/mol. The lowest BCUT2D eigenvalue weighted by Crippen LogP contribution is -2.29. The Bertz CT molecular complexity index is 142. The summed E-state index contributed by atoms with van der Waals surface area (Å²) in [5.41, 5.74) is 0. The Labute approximate surface area is 98.8 Å². The van der Waals surface area contributed by atoms with Crippen molar-refractivity contribution in [2.24, 2.45) is 5.92 Å². The van der Waals surface area contributed by atoms with Gasteiger partial charge in [-0.25, -0.2) is 0 Å². The van der Waals surface area contributed by atoms with Crippen LogP contribution in [-0.2, 0) is 0 Å². The summed E-state index contributed by atoms with van der Waals surface area (Å²) in [7, 11) is 0. The van der Waals surface area contributed by atoms with Gasteiger partial charge in [-0.3, -0.25) is 0 Å². The molecule has 1 N–H and O–H groups in total. The van der Waals surface area contributed by atoms with E-state index in [0.717, 1.165) is 12.0 Å². The maximum atomic E-state index is 3.69. The van der Waals surface area contributed by atoms with Gasteiger partial charge in [0.25, 0.3) is 0 Å². The summed E-state index contributed by atoms with van der Waals surface area (Å²) in [5, 5.41) is 3.69. The molecule has 1 aliphatic carbocycles. The SMILES string of the molecule is C(CCC1CCCC1)CNC1CCSC1. The van der Waals surface area contributed by atoms with Crippen LogP contribution >= 0.6 is 11.8 Å². The van der Waals surface area contributed by atoms with Gasteiger partial charge in [0.1, 0.15) is 0 Å². The maximum Gasteiger partial charge on any atom is 0.0166 e. The third-order valence-electron chi connectivity index (χ3n) is 3.88. The number of nitrogens with one attached hydrogen (secondary N) is 1. The van der Waals surface area contributed by atoms with Crippen LogP contribution in [0.15, 0.2) is 0 Å². The second-order valence-electron chi connectivity index (χ2n) is 5.16. The largest absolute Gasteiger partial charge is 0.313 e. The van der Waals surface area contributed by atoms with E-state index < -0.39 is 0 Å². The van der Waals surface area contributed by atoms with E-state index in [1.165, 1.54) is 69.4 Å². The highest BCUT2D eigenvalue weighted by molar-refractivity contribution is 7.99. The molecule has 1 saturated heterocycles. The van der Waals surface area contributed by atoms with Gasteiger partial charge in [-0.1, -0.05) is 38.5 Å². The molecular formula is C13H25NS. The Balaban J connectivity index is 1.41. The fourth-order valence-corrected chi connectivity index (χ4v) is 4.05. The molecule has 0 aromatic carbocycles. The van der Waals surface area contributed by atoms with Crippen molar-refractivity contribution >= 4 is 11.8 Å². The van der Waals surface area contributed by atoms with Crippen LogP contribution < -0.4 is 5.32 Å². The Hall–Kier alpha value is 0.310. The van der Waals surface area contributed by atoms with Gasteiger partial charge in [-0.05, 0) is 31.1 Å². The van der Waals surface area contributed by atoms with Gasteiger partial charge in [0.15, 0.2) is 0 Å². The van der Waals surface area contributed by atoms with Crippen LogP contribution in [0.2, 0.25) is 0 Å². The van der Waals surface area contributed by atoms with E-state index in [4.69, 9.17) is 0 Å². The minimum absolute atomic E-state index is 0.835. The Morgan fingerprint density at radius 2 is 1.93 bits per heavy atom. The summed E-state index contributed by atoms with van der Waals surface area (Å²) in [6, 6.07) is 0.835. The van der Waals surface area contributed by atoms with Crippen molar-refractivity contribution in [3.63, 3.8) is 0 Å². The Morgan fingerprint density at radius 1 is 1.07 bits per heavy atom. The van der Waals surface area contributed by atoms with E-state index in [0.29, 0.717) is 0 Å². The van der Waals surface area contributed by atoms with Gasteiger partial charge >= 0.3 is 0 Å². The summed E-state index contributed by atoms with van der Waals surface area (Å²) >= 11 is 2.10. The molecule has 2 aliphatic rings. The minimum atomic E-state index is 0.835. The van der Waals surface area contributed by atoms with Gasteiger partial charge in [0.05, 0.1) is 0 Å². The smallest absolute Gasteiger partial charge is 0.0166 e. The van der Waals surface area contributed by atoms with Gasteiger partial charge in [0.2, 0.25) is 0 Å². The third-order valence-corrected chi connectivity index (χ3v) is 5.04. The summed E-state index contributed by atoms with van der Waals surface area (Å²) in [6.07, 6.45) is 11.8. The molecule has 0 bridgehead atoms. The average molecular weight is 227 g/mol. The second kappa shape index (κ2) is 6.80. The van der Waals surface area contributed by atoms with Crippen LogP contribution in [0.5, 0.6) is 0 Å². The first-order valence-corrected chi connectivity index (χ1v) is 7.92. The molecule has 2 fully saturated rings. The lowest BCUT2D eigenvalue weighted by molar-refractivity contribution is 0.456. The first kappa shape index (κ1) is 11.8. The monoisotopic (exact) mass is 227 g/mol. The topological polar surface area (TPSA) is 12.0 Å². The van der Waals surface area contributed by atoms with E-state index >= 15 is 0 Å². The van der Waals surface area contributed by atoms with Crippen LogP contribution in [-0.4, -0.2) is 24.1 Å². The Morgan fingerprint density at radius 3 is 2.67 bits per heavy atom. The van der Waals surface area contributed by atoms with Crippen LogP contribution in [0.1, 0.15) is 51.4 Å². The summed E-state index contributed by atoms with van der Waals surface area (Å²) < 4.78 is 0. The van der Waals surface area contributed by atoms with Gasteiger partial charge < -0.3 is 5.32 Å². The van der Waals surface area contributed by atoms with Gasteiger partial charge in [-0.15, -0.1) is 0 Å². The quantitative estimate of drug-likeness (QED) is 0.698. The predicted octanol–water partition coefficient (Wildman–Crippen LogP) is 3.44. The van der Waals surface area contributed by atoms with Gasteiger partial charge in [0, 0.05) is 11.8 Å². The summed E-state index contributed by atoms with van der Waals surface area (Å²) in [5.74, 6) is 3.81. The van der Waals surface area contributed by atoms with Crippen molar-refractivity contribution in [1.29, 1.82) is 0 Å². The highest BCUT2D eigenvalue weighted by Gasteiger charge is 2.15. The molecule has 1 atom stereocenters. The molecule has 1 aliphatic heterocycles. The standard InChI is InChI=1S/C13H25NS/c1-2-6-12(5-1)7-3-4-9-14-13-8-10-15-11-13/h12-14H,1-11H2.